The third kappa shape index (κ3) is 5.78. The number of hydrogen-bond acceptors (Lipinski definition) is 5. The van der Waals surface area contributed by atoms with E-state index in [2.05, 4.69) is 45.5 Å². The Labute approximate surface area is 166 Å². The summed E-state index contributed by atoms with van der Waals surface area (Å²) < 4.78 is 11.3. The van der Waals surface area contributed by atoms with Gasteiger partial charge in [0, 0.05) is 5.75 Å². The molecule has 0 aliphatic heterocycles. The van der Waals surface area contributed by atoms with Gasteiger partial charge in [-0.2, -0.15) is 5.10 Å². The fraction of sp³-hybridized carbons (Fsp3) is 0.263. The van der Waals surface area contributed by atoms with Crippen LogP contribution in [0, 0.1) is 6.92 Å². The average molecular weight is 437 g/mol. The van der Waals surface area contributed by atoms with Crippen molar-refractivity contribution >= 4 is 39.8 Å². The Hall–Kier alpha value is -1.99. The normalized spacial score (nSPS) is 10.8. The number of halogens is 1. The van der Waals surface area contributed by atoms with Gasteiger partial charge in [-0.15, -0.1) is 11.8 Å². The molecule has 1 amide bonds. The Morgan fingerprint density at radius 3 is 2.73 bits per heavy atom. The number of aryl methyl sites for hydroxylation is 1. The van der Waals surface area contributed by atoms with Crippen molar-refractivity contribution in [2.24, 2.45) is 5.10 Å². The van der Waals surface area contributed by atoms with Crippen molar-refractivity contribution in [3.05, 3.63) is 57.6 Å². The Morgan fingerprint density at radius 1 is 1.27 bits per heavy atom. The van der Waals surface area contributed by atoms with Gasteiger partial charge in [0.15, 0.2) is 11.5 Å². The smallest absolute Gasteiger partial charge is 0.250 e. The second-order valence-corrected chi connectivity index (χ2v) is 7.29. The van der Waals surface area contributed by atoms with E-state index in [1.807, 2.05) is 18.2 Å². The van der Waals surface area contributed by atoms with Gasteiger partial charge in [-0.1, -0.05) is 24.3 Å². The van der Waals surface area contributed by atoms with E-state index in [4.69, 9.17) is 9.47 Å². The second-order valence-electron chi connectivity index (χ2n) is 5.45. The molecule has 2 aromatic carbocycles. The first-order chi connectivity index (χ1) is 12.5. The molecule has 1 N–H and O–H groups in total. The number of ether oxygens (including phenoxy) is 2. The zero-order chi connectivity index (χ0) is 18.9. The van der Waals surface area contributed by atoms with Crippen molar-refractivity contribution in [1.29, 1.82) is 0 Å². The first-order valence-corrected chi connectivity index (χ1v) is 9.85. The molecule has 0 heterocycles. The second kappa shape index (κ2) is 10.2. The van der Waals surface area contributed by atoms with Crippen molar-refractivity contribution in [1.82, 2.24) is 5.43 Å². The van der Waals surface area contributed by atoms with Crippen LogP contribution in [-0.2, 0) is 10.5 Å². The minimum atomic E-state index is -0.139. The Kier molecular flexibility index (Phi) is 8.00. The third-order valence-corrected chi connectivity index (χ3v) is 5.18. The highest BCUT2D eigenvalue weighted by Gasteiger charge is 2.09. The molecule has 0 aliphatic carbocycles. The molecule has 5 nitrogen and oxygen atoms in total. The van der Waals surface area contributed by atoms with Gasteiger partial charge in [-0.25, -0.2) is 5.43 Å². The zero-order valence-electron chi connectivity index (χ0n) is 14.9. The molecule has 0 unspecified atom stereocenters. The minimum absolute atomic E-state index is 0.139. The molecule has 0 aliphatic rings. The zero-order valence-corrected chi connectivity index (χ0v) is 17.3. The summed E-state index contributed by atoms with van der Waals surface area (Å²) in [6, 6.07) is 11.8. The molecular formula is C19H21BrN2O3S. The molecule has 0 spiro atoms. The summed E-state index contributed by atoms with van der Waals surface area (Å²) in [7, 11) is 3.14. The van der Waals surface area contributed by atoms with Crippen LogP contribution >= 0.6 is 27.7 Å². The van der Waals surface area contributed by atoms with Crippen LogP contribution in [0.1, 0.15) is 16.7 Å². The van der Waals surface area contributed by atoms with Gasteiger partial charge < -0.3 is 9.47 Å². The molecule has 0 saturated heterocycles. The number of amides is 1. The number of carbonyl (C=O) groups is 1. The van der Waals surface area contributed by atoms with Crippen molar-refractivity contribution in [3.63, 3.8) is 0 Å². The predicted molar refractivity (Wildman–Crippen MR) is 110 cm³/mol. The molecule has 138 valence electrons. The third-order valence-electron chi connectivity index (χ3n) is 3.61. The first kappa shape index (κ1) is 20.3. The maximum atomic E-state index is 11.9. The molecule has 0 radical (unpaired) electrons. The molecule has 26 heavy (non-hydrogen) atoms. The maximum Gasteiger partial charge on any atom is 0.250 e. The molecular weight excluding hydrogens is 416 g/mol. The van der Waals surface area contributed by atoms with Gasteiger partial charge >= 0.3 is 0 Å². The van der Waals surface area contributed by atoms with Crippen molar-refractivity contribution in [2.45, 2.75) is 12.7 Å². The number of carbonyl (C=O) groups excluding carboxylic acids is 1. The first-order valence-electron chi connectivity index (χ1n) is 7.90. The summed E-state index contributed by atoms with van der Waals surface area (Å²) in [5, 5.41) is 4.00. The van der Waals surface area contributed by atoms with E-state index < -0.39 is 0 Å². The summed E-state index contributed by atoms with van der Waals surface area (Å²) in [5.41, 5.74) is 5.79. The topological polar surface area (TPSA) is 59.9 Å². The number of rotatable bonds is 8. The van der Waals surface area contributed by atoms with E-state index in [1.165, 1.54) is 11.1 Å². The van der Waals surface area contributed by atoms with Crippen LogP contribution in [0.3, 0.4) is 0 Å². The van der Waals surface area contributed by atoms with E-state index in [-0.39, 0.29) is 5.91 Å². The number of nitrogens with zero attached hydrogens (tertiary/aromatic N) is 1. The standard InChI is InChI=1S/C19H21BrN2O3S/c1-13-6-4-5-7-15(13)11-26-12-18(23)22-21-10-14-8-16(20)19(25-3)17(9-14)24-2/h4-10H,11-12H2,1-3H3,(H,22,23)/b21-10-. The summed E-state index contributed by atoms with van der Waals surface area (Å²) in [4.78, 5) is 11.9. The molecule has 0 aromatic heterocycles. The van der Waals surface area contributed by atoms with Gasteiger partial charge in [-0.3, -0.25) is 4.79 Å². The summed E-state index contributed by atoms with van der Waals surface area (Å²) in [6.07, 6.45) is 1.57. The van der Waals surface area contributed by atoms with Gasteiger partial charge in [-0.05, 0) is 51.7 Å². The monoisotopic (exact) mass is 436 g/mol. The number of thioether (sulfide) groups is 1. The Morgan fingerprint density at radius 2 is 2.04 bits per heavy atom. The number of benzene rings is 2. The van der Waals surface area contributed by atoms with Crippen molar-refractivity contribution < 1.29 is 14.3 Å². The Bertz CT molecular complexity index is 796. The lowest BCUT2D eigenvalue weighted by molar-refractivity contribution is -0.118. The van der Waals surface area contributed by atoms with E-state index >= 15 is 0 Å². The van der Waals surface area contributed by atoms with Crippen LogP contribution < -0.4 is 14.9 Å². The lowest BCUT2D eigenvalue weighted by atomic mass is 10.1. The summed E-state index contributed by atoms with van der Waals surface area (Å²) >= 11 is 4.98. The molecule has 0 saturated carbocycles. The van der Waals surface area contributed by atoms with E-state index in [0.717, 1.165) is 15.8 Å². The molecule has 0 fully saturated rings. The van der Waals surface area contributed by atoms with Crippen LogP contribution in [-0.4, -0.2) is 32.1 Å². The van der Waals surface area contributed by atoms with Crippen molar-refractivity contribution in [2.75, 3.05) is 20.0 Å². The highest BCUT2D eigenvalue weighted by molar-refractivity contribution is 9.10. The van der Waals surface area contributed by atoms with Crippen LogP contribution in [0.25, 0.3) is 0 Å². The average Bonchev–Trinajstić information content (AvgIpc) is 2.62. The van der Waals surface area contributed by atoms with Crippen LogP contribution in [0.4, 0.5) is 0 Å². The molecule has 7 heteroatoms. The fourth-order valence-electron chi connectivity index (χ4n) is 2.25. The molecule has 0 atom stereocenters. The van der Waals surface area contributed by atoms with Gasteiger partial charge in [0.2, 0.25) is 5.91 Å². The number of hydrogen-bond donors (Lipinski definition) is 1. The van der Waals surface area contributed by atoms with Crippen LogP contribution in [0.15, 0.2) is 46.0 Å². The highest BCUT2D eigenvalue weighted by atomic mass is 79.9. The largest absolute Gasteiger partial charge is 0.493 e. The number of hydrazone groups is 1. The molecule has 2 aromatic rings. The minimum Gasteiger partial charge on any atom is -0.493 e. The van der Waals surface area contributed by atoms with Crippen LogP contribution in [0.2, 0.25) is 0 Å². The SMILES string of the molecule is COc1cc(/C=N\NC(=O)CSCc2ccccc2C)cc(Br)c1OC. The van der Waals surface area contributed by atoms with Gasteiger partial charge in [0.1, 0.15) is 0 Å². The number of nitrogens with one attached hydrogen (secondary N) is 1. The quantitative estimate of drug-likeness (QED) is 0.498. The Balaban J connectivity index is 1.85. The maximum absolute atomic E-state index is 11.9. The van der Waals surface area contributed by atoms with Crippen LogP contribution in [0.5, 0.6) is 11.5 Å². The summed E-state index contributed by atoms with van der Waals surface area (Å²) in [5.74, 6) is 2.21. The van der Waals surface area contributed by atoms with E-state index in [0.29, 0.717) is 17.3 Å². The van der Waals surface area contributed by atoms with E-state index in [1.54, 1.807) is 38.3 Å². The fourth-order valence-corrected chi connectivity index (χ4v) is 3.77. The van der Waals surface area contributed by atoms with E-state index in [9.17, 15) is 4.79 Å². The van der Waals surface area contributed by atoms with Gasteiger partial charge in [0.25, 0.3) is 0 Å². The van der Waals surface area contributed by atoms with Gasteiger partial charge in [0.05, 0.1) is 30.7 Å². The summed E-state index contributed by atoms with van der Waals surface area (Å²) in [6.45, 7) is 2.07. The lowest BCUT2D eigenvalue weighted by Crippen LogP contribution is -2.19. The number of methoxy groups -OCH3 is 2. The van der Waals surface area contributed by atoms with Crippen molar-refractivity contribution in [3.8, 4) is 11.5 Å². The molecule has 0 bridgehead atoms. The molecule has 2 rings (SSSR count). The predicted octanol–water partition coefficient (Wildman–Crippen LogP) is 4.16. The highest BCUT2D eigenvalue weighted by Crippen LogP contribution is 2.35. The lowest BCUT2D eigenvalue weighted by Gasteiger charge is -2.10.